The third kappa shape index (κ3) is 4.25. The molecule has 0 saturated carbocycles. The summed E-state index contributed by atoms with van der Waals surface area (Å²) in [6, 6.07) is 4.49. The zero-order valence-electron chi connectivity index (χ0n) is 13.2. The number of methoxy groups -OCH3 is 1. The van der Waals surface area contributed by atoms with Gasteiger partial charge in [-0.25, -0.2) is 8.42 Å². The average Bonchev–Trinajstić information content (AvgIpc) is 2.91. The van der Waals surface area contributed by atoms with E-state index >= 15 is 0 Å². The van der Waals surface area contributed by atoms with E-state index in [9.17, 15) is 13.2 Å². The third-order valence-corrected chi connectivity index (χ3v) is 4.87. The topological polar surface area (TPSA) is 111 Å². The third-order valence-electron chi connectivity index (χ3n) is 3.04. The predicted octanol–water partition coefficient (Wildman–Crippen LogP) is 1.95. The minimum absolute atomic E-state index is 0.0785. The van der Waals surface area contributed by atoms with Crippen LogP contribution >= 0.6 is 11.6 Å². The Kier molecular flexibility index (Phi) is 5.47. The van der Waals surface area contributed by atoms with Gasteiger partial charge in [-0.2, -0.15) is 4.72 Å². The van der Waals surface area contributed by atoms with Crippen LogP contribution in [0.4, 0.5) is 5.82 Å². The number of aromatic nitrogens is 1. The smallest absolute Gasteiger partial charge is 0.243 e. The molecule has 0 radical (unpaired) electrons. The van der Waals surface area contributed by atoms with Gasteiger partial charge in [0.1, 0.15) is 11.5 Å². The SMILES string of the molecule is COc1ccc(S(=O)(=O)N[C@H](C)C(=O)Nc2cc(C)on2)cc1Cl. The number of hydrogen-bond donors (Lipinski definition) is 2. The van der Waals surface area contributed by atoms with Gasteiger partial charge >= 0.3 is 0 Å². The van der Waals surface area contributed by atoms with Gasteiger partial charge in [0.05, 0.1) is 23.1 Å². The minimum Gasteiger partial charge on any atom is -0.495 e. The molecule has 1 heterocycles. The second-order valence-corrected chi connectivity index (χ2v) is 7.07. The van der Waals surface area contributed by atoms with Gasteiger partial charge in [-0.3, -0.25) is 4.79 Å². The van der Waals surface area contributed by atoms with Crippen molar-refractivity contribution in [3.63, 3.8) is 0 Å². The van der Waals surface area contributed by atoms with Gasteiger partial charge in [-0.05, 0) is 32.0 Å². The molecular formula is C14H16ClN3O5S. The first-order valence-electron chi connectivity index (χ1n) is 6.83. The van der Waals surface area contributed by atoms with Crippen LogP contribution in [0.1, 0.15) is 12.7 Å². The van der Waals surface area contributed by atoms with Crippen LogP contribution in [0, 0.1) is 6.92 Å². The van der Waals surface area contributed by atoms with E-state index in [1.807, 2.05) is 0 Å². The molecule has 8 nitrogen and oxygen atoms in total. The lowest BCUT2D eigenvalue weighted by molar-refractivity contribution is -0.117. The first-order chi connectivity index (χ1) is 11.2. The molecule has 2 aromatic rings. The zero-order chi connectivity index (χ0) is 17.9. The highest BCUT2D eigenvalue weighted by Gasteiger charge is 2.23. The number of rotatable bonds is 6. The molecule has 1 aromatic carbocycles. The molecule has 0 saturated heterocycles. The van der Waals surface area contributed by atoms with Gasteiger partial charge in [-0.1, -0.05) is 16.8 Å². The van der Waals surface area contributed by atoms with Crippen LogP contribution in [0.5, 0.6) is 5.75 Å². The molecule has 130 valence electrons. The molecular weight excluding hydrogens is 358 g/mol. The van der Waals surface area contributed by atoms with Crippen molar-refractivity contribution in [3.05, 3.63) is 35.0 Å². The van der Waals surface area contributed by atoms with Crippen LogP contribution in [0.15, 0.2) is 33.7 Å². The number of nitrogens with zero attached hydrogens (tertiary/aromatic N) is 1. The molecule has 2 N–H and O–H groups in total. The lowest BCUT2D eigenvalue weighted by atomic mass is 10.3. The fourth-order valence-corrected chi connectivity index (χ4v) is 3.38. The first kappa shape index (κ1) is 18.2. The Morgan fingerprint density at radius 2 is 2.08 bits per heavy atom. The number of carbonyl (C=O) groups is 1. The summed E-state index contributed by atoms with van der Waals surface area (Å²) in [6.45, 7) is 3.08. The lowest BCUT2D eigenvalue weighted by Crippen LogP contribution is -2.41. The lowest BCUT2D eigenvalue weighted by Gasteiger charge is -2.14. The Labute approximate surface area is 144 Å². The molecule has 10 heteroatoms. The first-order valence-corrected chi connectivity index (χ1v) is 8.69. The van der Waals surface area contributed by atoms with Crippen molar-refractivity contribution in [2.24, 2.45) is 0 Å². The predicted molar refractivity (Wildman–Crippen MR) is 87.7 cm³/mol. The Balaban J connectivity index is 2.10. The number of ether oxygens (including phenoxy) is 1. The number of halogens is 1. The van der Waals surface area contributed by atoms with E-state index in [-0.39, 0.29) is 15.7 Å². The zero-order valence-corrected chi connectivity index (χ0v) is 14.7. The maximum absolute atomic E-state index is 12.3. The van der Waals surface area contributed by atoms with Gasteiger partial charge in [-0.15, -0.1) is 0 Å². The summed E-state index contributed by atoms with van der Waals surface area (Å²) < 4.78 is 36.7. The van der Waals surface area contributed by atoms with Crippen molar-refractivity contribution in [2.75, 3.05) is 12.4 Å². The second kappa shape index (κ2) is 7.20. The van der Waals surface area contributed by atoms with Crippen LogP contribution < -0.4 is 14.8 Å². The van der Waals surface area contributed by atoms with Crippen LogP contribution in [0.3, 0.4) is 0 Å². The monoisotopic (exact) mass is 373 g/mol. The molecule has 1 atom stereocenters. The van der Waals surface area contributed by atoms with Crippen LogP contribution in [-0.4, -0.2) is 32.6 Å². The molecule has 0 aliphatic carbocycles. The number of sulfonamides is 1. The average molecular weight is 374 g/mol. The van der Waals surface area contributed by atoms with Crippen molar-refractivity contribution in [2.45, 2.75) is 24.8 Å². The minimum atomic E-state index is -3.93. The Hall–Kier alpha value is -2.10. The second-order valence-electron chi connectivity index (χ2n) is 4.95. The standard InChI is InChI=1S/C14H16ClN3O5S/c1-8-6-13(17-23-8)16-14(19)9(2)18-24(20,21)10-4-5-12(22-3)11(15)7-10/h4-7,9,18H,1-3H3,(H,16,17,19)/t9-/m1/s1. The van der Waals surface area contributed by atoms with E-state index in [4.69, 9.17) is 20.9 Å². The Morgan fingerprint density at radius 3 is 2.62 bits per heavy atom. The maximum Gasteiger partial charge on any atom is 0.243 e. The van der Waals surface area contributed by atoms with Gasteiger partial charge in [0.25, 0.3) is 0 Å². The molecule has 1 amide bonds. The Morgan fingerprint density at radius 1 is 1.38 bits per heavy atom. The van der Waals surface area contributed by atoms with Crippen LogP contribution in [0.25, 0.3) is 0 Å². The molecule has 0 aliphatic rings. The van der Waals surface area contributed by atoms with Crippen molar-refractivity contribution in [1.82, 2.24) is 9.88 Å². The summed E-state index contributed by atoms with van der Waals surface area (Å²) in [5.74, 6) is 0.497. The van der Waals surface area contributed by atoms with E-state index in [0.29, 0.717) is 11.5 Å². The summed E-state index contributed by atoms with van der Waals surface area (Å²) in [5.41, 5.74) is 0. The molecule has 24 heavy (non-hydrogen) atoms. The van der Waals surface area contributed by atoms with Gasteiger partial charge < -0.3 is 14.6 Å². The number of benzene rings is 1. The van der Waals surface area contributed by atoms with Crippen molar-refractivity contribution in [1.29, 1.82) is 0 Å². The quantitative estimate of drug-likeness (QED) is 0.800. The van der Waals surface area contributed by atoms with Gasteiger partial charge in [0, 0.05) is 6.07 Å². The highest BCUT2D eigenvalue weighted by Crippen LogP contribution is 2.26. The molecule has 0 aliphatic heterocycles. The normalized spacial score (nSPS) is 12.7. The van der Waals surface area contributed by atoms with Crippen LogP contribution in [-0.2, 0) is 14.8 Å². The highest BCUT2D eigenvalue weighted by atomic mass is 35.5. The molecule has 0 fully saturated rings. The highest BCUT2D eigenvalue weighted by molar-refractivity contribution is 7.89. The molecule has 0 spiro atoms. The van der Waals surface area contributed by atoms with E-state index in [1.54, 1.807) is 6.92 Å². The van der Waals surface area contributed by atoms with Gasteiger partial charge in [0.15, 0.2) is 5.82 Å². The largest absolute Gasteiger partial charge is 0.495 e. The fraction of sp³-hybridized carbons (Fsp3) is 0.286. The van der Waals surface area contributed by atoms with Crippen LogP contribution in [0.2, 0.25) is 5.02 Å². The van der Waals surface area contributed by atoms with Gasteiger partial charge in [0.2, 0.25) is 15.9 Å². The number of amides is 1. The number of nitrogens with one attached hydrogen (secondary N) is 2. The molecule has 0 unspecified atom stereocenters. The fourth-order valence-electron chi connectivity index (χ4n) is 1.83. The number of anilines is 1. The summed E-state index contributed by atoms with van der Waals surface area (Å²) >= 11 is 5.93. The molecule has 0 bridgehead atoms. The van der Waals surface area contributed by atoms with E-state index in [2.05, 4.69) is 15.2 Å². The Bertz CT molecular complexity index is 850. The maximum atomic E-state index is 12.3. The van der Waals surface area contributed by atoms with Crippen molar-refractivity contribution in [3.8, 4) is 5.75 Å². The summed E-state index contributed by atoms with van der Waals surface area (Å²) in [6.07, 6.45) is 0. The van der Waals surface area contributed by atoms with E-state index in [1.165, 1.54) is 38.3 Å². The van der Waals surface area contributed by atoms with Crippen molar-refractivity contribution >= 4 is 33.3 Å². The van der Waals surface area contributed by atoms with Crippen molar-refractivity contribution < 1.29 is 22.5 Å². The number of aryl methyl sites for hydroxylation is 1. The summed E-state index contributed by atoms with van der Waals surface area (Å²) in [5, 5.41) is 6.21. The molecule has 1 aromatic heterocycles. The van der Waals surface area contributed by atoms with E-state index in [0.717, 1.165) is 0 Å². The molecule has 2 rings (SSSR count). The summed E-state index contributed by atoms with van der Waals surface area (Å²) in [4.78, 5) is 12.0. The van der Waals surface area contributed by atoms with E-state index < -0.39 is 22.0 Å². The summed E-state index contributed by atoms with van der Waals surface area (Å²) in [7, 11) is -2.51. The number of carbonyl (C=O) groups excluding carboxylic acids is 1. The number of hydrogen-bond acceptors (Lipinski definition) is 6.